The molecule has 21 heavy (non-hydrogen) atoms. The summed E-state index contributed by atoms with van der Waals surface area (Å²) in [6.45, 7) is 4.00. The fourth-order valence-electron chi connectivity index (χ4n) is 3.55. The van der Waals surface area contributed by atoms with E-state index in [0.29, 0.717) is 11.5 Å². The van der Waals surface area contributed by atoms with Crippen LogP contribution in [0.2, 0.25) is 0 Å². The van der Waals surface area contributed by atoms with Crippen LogP contribution in [0, 0.1) is 5.92 Å². The lowest BCUT2D eigenvalue weighted by molar-refractivity contribution is 0.0794. The number of nitrogens with zero attached hydrogens (tertiary/aromatic N) is 4. The van der Waals surface area contributed by atoms with Crippen LogP contribution in [-0.2, 0) is 12.8 Å². The second-order valence-electron chi connectivity index (χ2n) is 6.37. The number of carbonyl (C=O) groups excluding carboxylic acids is 1. The van der Waals surface area contributed by atoms with Crippen molar-refractivity contribution in [3.63, 3.8) is 0 Å². The number of likely N-dealkylation sites (tertiary alicyclic amines) is 1. The molecular weight excluding hydrogens is 264 g/mol. The maximum atomic E-state index is 12.6. The molecule has 1 saturated heterocycles. The van der Waals surface area contributed by atoms with Crippen molar-refractivity contribution in [2.75, 3.05) is 13.1 Å². The summed E-state index contributed by atoms with van der Waals surface area (Å²) >= 11 is 0. The van der Waals surface area contributed by atoms with E-state index in [1.165, 1.54) is 17.7 Å². The van der Waals surface area contributed by atoms with Crippen LogP contribution in [0.25, 0.3) is 5.65 Å². The molecule has 1 aliphatic heterocycles. The standard InChI is InChI=1S/C16H20N4O/c1-11-4-5-14-12(8-11)9-17-15-13(10-18-20(14)15)16(21)19-6-2-3-7-19/h9-11H,2-8H2,1H3. The quantitative estimate of drug-likeness (QED) is 0.805. The van der Waals surface area contributed by atoms with Crippen molar-refractivity contribution in [1.29, 1.82) is 0 Å². The van der Waals surface area contributed by atoms with E-state index in [1.807, 2.05) is 15.6 Å². The van der Waals surface area contributed by atoms with Crippen LogP contribution >= 0.6 is 0 Å². The summed E-state index contributed by atoms with van der Waals surface area (Å²) in [7, 11) is 0. The van der Waals surface area contributed by atoms with Crippen molar-refractivity contribution >= 4 is 11.6 Å². The van der Waals surface area contributed by atoms with Crippen LogP contribution in [0.4, 0.5) is 0 Å². The van der Waals surface area contributed by atoms with Crippen LogP contribution in [-0.4, -0.2) is 38.5 Å². The van der Waals surface area contributed by atoms with Crippen molar-refractivity contribution < 1.29 is 4.79 Å². The van der Waals surface area contributed by atoms with E-state index in [4.69, 9.17) is 0 Å². The Bertz CT molecular complexity index is 700. The smallest absolute Gasteiger partial charge is 0.259 e. The Labute approximate surface area is 124 Å². The van der Waals surface area contributed by atoms with E-state index in [1.54, 1.807) is 6.20 Å². The molecule has 0 bridgehead atoms. The molecule has 0 N–H and O–H groups in total. The van der Waals surface area contributed by atoms with Gasteiger partial charge in [0.2, 0.25) is 0 Å². The molecule has 0 radical (unpaired) electrons. The SMILES string of the molecule is CC1CCc2c(cnc3c(C(=O)N4CCCC4)cnn23)C1. The van der Waals surface area contributed by atoms with Gasteiger partial charge in [0.15, 0.2) is 5.65 Å². The summed E-state index contributed by atoms with van der Waals surface area (Å²) < 4.78 is 1.89. The first kappa shape index (κ1) is 12.8. The lowest BCUT2D eigenvalue weighted by atomic mass is 9.89. The summed E-state index contributed by atoms with van der Waals surface area (Å²) in [5, 5.41) is 4.46. The van der Waals surface area contributed by atoms with E-state index >= 15 is 0 Å². The first-order chi connectivity index (χ1) is 10.2. The molecule has 0 spiro atoms. The number of fused-ring (bicyclic) bond motifs is 3. The molecule has 5 heteroatoms. The lowest BCUT2D eigenvalue weighted by Gasteiger charge is -2.21. The number of aromatic nitrogens is 3. The Morgan fingerprint density at radius 2 is 2.10 bits per heavy atom. The third-order valence-electron chi connectivity index (χ3n) is 4.78. The van der Waals surface area contributed by atoms with Gasteiger partial charge in [-0.05, 0) is 43.6 Å². The van der Waals surface area contributed by atoms with E-state index < -0.39 is 0 Å². The molecule has 1 aliphatic carbocycles. The van der Waals surface area contributed by atoms with Crippen molar-refractivity contribution in [2.24, 2.45) is 5.92 Å². The molecule has 2 aromatic heterocycles. The molecule has 2 aromatic rings. The number of hydrogen-bond donors (Lipinski definition) is 0. The Balaban J connectivity index is 1.77. The predicted octanol–water partition coefficient (Wildman–Crippen LogP) is 2.09. The van der Waals surface area contributed by atoms with Gasteiger partial charge in [-0.1, -0.05) is 6.92 Å². The maximum absolute atomic E-state index is 12.6. The van der Waals surface area contributed by atoms with Gasteiger partial charge >= 0.3 is 0 Å². The Morgan fingerprint density at radius 1 is 1.29 bits per heavy atom. The molecule has 5 nitrogen and oxygen atoms in total. The molecule has 1 amide bonds. The fraction of sp³-hybridized carbons (Fsp3) is 0.562. The number of hydrogen-bond acceptors (Lipinski definition) is 3. The molecule has 1 unspecified atom stereocenters. The fourth-order valence-corrected chi connectivity index (χ4v) is 3.55. The van der Waals surface area contributed by atoms with E-state index in [0.717, 1.165) is 44.4 Å². The van der Waals surface area contributed by atoms with Crippen LogP contribution in [0.5, 0.6) is 0 Å². The number of amides is 1. The molecule has 0 aromatic carbocycles. The summed E-state index contributed by atoms with van der Waals surface area (Å²) in [5.74, 6) is 0.789. The molecule has 2 aliphatic rings. The number of rotatable bonds is 1. The second kappa shape index (κ2) is 4.83. The molecule has 1 fully saturated rings. The molecule has 3 heterocycles. The minimum Gasteiger partial charge on any atom is -0.338 e. The molecule has 110 valence electrons. The molecule has 0 saturated carbocycles. The van der Waals surface area contributed by atoms with Gasteiger partial charge in [-0.3, -0.25) is 4.79 Å². The summed E-state index contributed by atoms with van der Waals surface area (Å²) in [5.41, 5.74) is 3.89. The zero-order valence-electron chi connectivity index (χ0n) is 12.4. The predicted molar refractivity (Wildman–Crippen MR) is 79.3 cm³/mol. The number of carbonyl (C=O) groups is 1. The largest absolute Gasteiger partial charge is 0.338 e. The summed E-state index contributed by atoms with van der Waals surface area (Å²) in [6.07, 6.45) is 9.12. The Morgan fingerprint density at radius 3 is 2.90 bits per heavy atom. The van der Waals surface area contributed by atoms with Crippen molar-refractivity contribution in [3.05, 3.63) is 29.2 Å². The van der Waals surface area contributed by atoms with Gasteiger partial charge in [-0.25, -0.2) is 9.50 Å². The maximum Gasteiger partial charge on any atom is 0.259 e. The normalized spacial score (nSPS) is 21.8. The van der Waals surface area contributed by atoms with Crippen molar-refractivity contribution in [3.8, 4) is 0 Å². The van der Waals surface area contributed by atoms with Crippen LogP contribution < -0.4 is 0 Å². The minimum absolute atomic E-state index is 0.0825. The van der Waals surface area contributed by atoms with E-state index in [9.17, 15) is 4.79 Å². The molecule has 1 atom stereocenters. The third kappa shape index (κ3) is 2.03. The lowest BCUT2D eigenvalue weighted by Crippen LogP contribution is -2.27. The van der Waals surface area contributed by atoms with Crippen molar-refractivity contribution in [2.45, 2.75) is 39.0 Å². The summed E-state index contributed by atoms with van der Waals surface area (Å²) in [6, 6.07) is 0. The summed E-state index contributed by atoms with van der Waals surface area (Å²) in [4.78, 5) is 19.0. The first-order valence-electron chi connectivity index (χ1n) is 7.88. The van der Waals surface area contributed by atoms with Gasteiger partial charge in [0.05, 0.1) is 6.20 Å². The van der Waals surface area contributed by atoms with Gasteiger partial charge < -0.3 is 4.90 Å². The average Bonchev–Trinajstić information content (AvgIpc) is 3.15. The monoisotopic (exact) mass is 284 g/mol. The highest BCUT2D eigenvalue weighted by molar-refractivity contribution is 5.99. The first-order valence-corrected chi connectivity index (χ1v) is 7.88. The third-order valence-corrected chi connectivity index (χ3v) is 4.78. The van der Waals surface area contributed by atoms with Crippen LogP contribution in [0.3, 0.4) is 0 Å². The highest BCUT2D eigenvalue weighted by atomic mass is 16.2. The van der Waals surface area contributed by atoms with E-state index in [2.05, 4.69) is 17.0 Å². The van der Waals surface area contributed by atoms with E-state index in [-0.39, 0.29) is 5.91 Å². The van der Waals surface area contributed by atoms with Crippen LogP contribution in [0.15, 0.2) is 12.4 Å². The highest BCUT2D eigenvalue weighted by Crippen LogP contribution is 2.26. The average molecular weight is 284 g/mol. The minimum atomic E-state index is 0.0825. The van der Waals surface area contributed by atoms with Crippen molar-refractivity contribution in [1.82, 2.24) is 19.5 Å². The van der Waals surface area contributed by atoms with Crippen LogP contribution in [0.1, 0.15) is 47.8 Å². The van der Waals surface area contributed by atoms with Gasteiger partial charge in [0.25, 0.3) is 5.91 Å². The topological polar surface area (TPSA) is 50.5 Å². The Hall–Kier alpha value is -1.91. The van der Waals surface area contributed by atoms with Gasteiger partial charge in [-0.15, -0.1) is 0 Å². The second-order valence-corrected chi connectivity index (χ2v) is 6.37. The highest BCUT2D eigenvalue weighted by Gasteiger charge is 2.25. The molecule has 4 rings (SSSR count). The Kier molecular flexibility index (Phi) is 2.94. The number of aryl methyl sites for hydroxylation is 1. The zero-order valence-corrected chi connectivity index (χ0v) is 12.4. The van der Waals surface area contributed by atoms with Gasteiger partial charge in [-0.2, -0.15) is 5.10 Å². The van der Waals surface area contributed by atoms with Gasteiger partial charge in [0, 0.05) is 25.0 Å². The zero-order chi connectivity index (χ0) is 14.4. The van der Waals surface area contributed by atoms with Gasteiger partial charge in [0.1, 0.15) is 5.56 Å². The molecular formula is C16H20N4O.